The molecule has 0 atom stereocenters. The van der Waals surface area contributed by atoms with Crippen molar-refractivity contribution in [1.29, 1.82) is 0 Å². The number of nitrogens with one attached hydrogen (secondary N) is 2. The second kappa shape index (κ2) is 10.8. The second-order valence-electron chi connectivity index (χ2n) is 4.74. The number of guanidine groups is 1. The zero-order chi connectivity index (χ0) is 15.8. The smallest absolute Gasteiger partial charge is 0.190 e. The SMILES string of the molecule is CN=C(NCCc1cccs1)NCCc1ccc(F)cc1Cl.I. The van der Waals surface area contributed by atoms with Gasteiger partial charge in [-0.2, -0.15) is 0 Å². The maximum atomic E-state index is 13.0. The molecule has 2 aromatic rings. The molecule has 23 heavy (non-hydrogen) atoms. The molecular formula is C16H20ClFIN3S. The molecule has 1 heterocycles. The Hall–Kier alpha value is -0.860. The summed E-state index contributed by atoms with van der Waals surface area (Å²) < 4.78 is 13.0. The van der Waals surface area contributed by atoms with Crippen LogP contribution in [0.2, 0.25) is 5.02 Å². The number of thiophene rings is 1. The summed E-state index contributed by atoms with van der Waals surface area (Å²) in [5.41, 5.74) is 0.921. The van der Waals surface area contributed by atoms with Gasteiger partial charge in [-0.05, 0) is 42.0 Å². The first-order valence-corrected chi connectivity index (χ1v) is 8.35. The van der Waals surface area contributed by atoms with Crippen LogP contribution in [0.15, 0.2) is 40.7 Å². The first kappa shape index (κ1) is 20.2. The summed E-state index contributed by atoms with van der Waals surface area (Å²) in [5, 5.41) is 9.04. The molecule has 0 saturated carbocycles. The van der Waals surface area contributed by atoms with Crippen LogP contribution in [0.25, 0.3) is 0 Å². The number of hydrogen-bond acceptors (Lipinski definition) is 2. The van der Waals surface area contributed by atoms with Crippen LogP contribution < -0.4 is 10.6 Å². The molecule has 2 N–H and O–H groups in total. The lowest BCUT2D eigenvalue weighted by Gasteiger charge is -2.12. The average molecular weight is 468 g/mol. The molecule has 1 aromatic carbocycles. The van der Waals surface area contributed by atoms with Gasteiger partial charge in [0, 0.05) is 30.0 Å². The van der Waals surface area contributed by atoms with Crippen LogP contribution in [0.4, 0.5) is 4.39 Å². The predicted molar refractivity (Wildman–Crippen MR) is 108 cm³/mol. The standard InChI is InChI=1S/C16H19ClFN3S.HI/c1-19-16(21-9-7-14-3-2-10-22-14)20-8-6-12-4-5-13(18)11-15(12)17;/h2-5,10-11H,6-9H2,1H3,(H2,19,20,21);1H. The van der Waals surface area contributed by atoms with E-state index in [9.17, 15) is 4.39 Å². The molecule has 0 aliphatic rings. The first-order chi connectivity index (χ1) is 10.7. The molecule has 0 amide bonds. The lowest BCUT2D eigenvalue weighted by atomic mass is 10.1. The van der Waals surface area contributed by atoms with Gasteiger partial charge in [-0.25, -0.2) is 4.39 Å². The molecule has 0 radical (unpaired) electrons. The van der Waals surface area contributed by atoms with Crippen molar-refractivity contribution in [2.24, 2.45) is 4.99 Å². The fraction of sp³-hybridized carbons (Fsp3) is 0.312. The molecule has 2 rings (SSSR count). The van der Waals surface area contributed by atoms with Crippen molar-refractivity contribution >= 4 is 52.9 Å². The molecular weight excluding hydrogens is 448 g/mol. The maximum Gasteiger partial charge on any atom is 0.190 e. The summed E-state index contributed by atoms with van der Waals surface area (Å²) in [5.74, 6) is 0.447. The number of nitrogens with zero attached hydrogens (tertiary/aromatic N) is 1. The summed E-state index contributed by atoms with van der Waals surface area (Å²) in [6, 6.07) is 8.66. The molecule has 0 unspecified atom stereocenters. The van der Waals surface area contributed by atoms with E-state index in [-0.39, 0.29) is 29.8 Å². The predicted octanol–water partition coefficient (Wildman–Crippen LogP) is 4.11. The largest absolute Gasteiger partial charge is 0.356 e. The zero-order valence-corrected chi connectivity index (χ0v) is 16.7. The van der Waals surface area contributed by atoms with E-state index >= 15 is 0 Å². The molecule has 3 nitrogen and oxygen atoms in total. The lowest BCUT2D eigenvalue weighted by Crippen LogP contribution is -2.39. The molecule has 0 bridgehead atoms. The van der Waals surface area contributed by atoms with Crippen LogP contribution in [-0.2, 0) is 12.8 Å². The number of benzene rings is 1. The summed E-state index contributed by atoms with van der Waals surface area (Å²) in [4.78, 5) is 5.53. The first-order valence-electron chi connectivity index (χ1n) is 7.10. The van der Waals surface area contributed by atoms with Gasteiger partial charge in [0.05, 0.1) is 0 Å². The minimum atomic E-state index is -0.312. The number of rotatable bonds is 6. The molecule has 0 fully saturated rings. The van der Waals surface area contributed by atoms with E-state index in [1.165, 1.54) is 17.0 Å². The summed E-state index contributed by atoms with van der Waals surface area (Å²) in [6.07, 6.45) is 1.69. The Kier molecular flexibility index (Phi) is 9.50. The van der Waals surface area contributed by atoms with Crippen LogP contribution in [0, 0.1) is 5.82 Å². The quantitative estimate of drug-likeness (QED) is 0.381. The van der Waals surface area contributed by atoms with Gasteiger partial charge in [0.1, 0.15) is 5.82 Å². The Morgan fingerprint density at radius 3 is 2.57 bits per heavy atom. The van der Waals surface area contributed by atoms with E-state index in [2.05, 4.69) is 33.1 Å². The van der Waals surface area contributed by atoms with E-state index in [0.717, 1.165) is 24.5 Å². The van der Waals surface area contributed by atoms with Crippen LogP contribution in [0.1, 0.15) is 10.4 Å². The number of aliphatic imine (C=N–C) groups is 1. The van der Waals surface area contributed by atoms with Crippen LogP contribution in [0.3, 0.4) is 0 Å². The van der Waals surface area contributed by atoms with Gasteiger partial charge in [-0.15, -0.1) is 35.3 Å². The second-order valence-corrected chi connectivity index (χ2v) is 6.18. The van der Waals surface area contributed by atoms with Crippen molar-refractivity contribution in [2.45, 2.75) is 12.8 Å². The fourth-order valence-electron chi connectivity index (χ4n) is 2.02. The number of halogens is 3. The molecule has 0 saturated heterocycles. The molecule has 0 spiro atoms. The lowest BCUT2D eigenvalue weighted by molar-refractivity contribution is 0.627. The maximum absolute atomic E-state index is 13.0. The van der Waals surface area contributed by atoms with Gasteiger partial charge in [0.15, 0.2) is 5.96 Å². The Labute approximate surface area is 162 Å². The van der Waals surface area contributed by atoms with Crippen molar-refractivity contribution in [3.05, 3.63) is 57.0 Å². The normalized spacial score (nSPS) is 11.0. The van der Waals surface area contributed by atoms with E-state index < -0.39 is 0 Å². The van der Waals surface area contributed by atoms with Gasteiger partial charge in [-0.1, -0.05) is 23.7 Å². The minimum absolute atomic E-state index is 0. The van der Waals surface area contributed by atoms with Crippen molar-refractivity contribution in [3.8, 4) is 0 Å². The molecule has 7 heteroatoms. The molecule has 0 aliphatic carbocycles. The van der Waals surface area contributed by atoms with Gasteiger partial charge in [0.2, 0.25) is 0 Å². The Morgan fingerprint density at radius 2 is 1.96 bits per heavy atom. The summed E-state index contributed by atoms with van der Waals surface area (Å²) >= 11 is 7.76. The third-order valence-corrected chi connectivity index (χ3v) is 4.46. The summed E-state index contributed by atoms with van der Waals surface area (Å²) in [7, 11) is 1.74. The minimum Gasteiger partial charge on any atom is -0.356 e. The average Bonchev–Trinajstić information content (AvgIpc) is 3.01. The number of hydrogen-bond donors (Lipinski definition) is 2. The monoisotopic (exact) mass is 467 g/mol. The Balaban J connectivity index is 0.00000264. The molecule has 1 aromatic heterocycles. The third-order valence-electron chi connectivity index (χ3n) is 3.17. The highest BCUT2D eigenvalue weighted by atomic mass is 127. The van der Waals surface area contributed by atoms with Crippen LogP contribution >= 0.6 is 46.9 Å². The van der Waals surface area contributed by atoms with E-state index in [1.807, 2.05) is 0 Å². The van der Waals surface area contributed by atoms with Gasteiger partial charge in [-0.3, -0.25) is 4.99 Å². The van der Waals surface area contributed by atoms with Crippen molar-refractivity contribution in [2.75, 3.05) is 20.1 Å². The highest BCUT2D eigenvalue weighted by Crippen LogP contribution is 2.17. The van der Waals surface area contributed by atoms with Crippen molar-refractivity contribution in [3.63, 3.8) is 0 Å². The van der Waals surface area contributed by atoms with E-state index in [4.69, 9.17) is 11.6 Å². The summed E-state index contributed by atoms with van der Waals surface area (Å²) in [6.45, 7) is 1.52. The van der Waals surface area contributed by atoms with Crippen LogP contribution in [0.5, 0.6) is 0 Å². The Morgan fingerprint density at radius 1 is 1.22 bits per heavy atom. The topological polar surface area (TPSA) is 36.4 Å². The highest BCUT2D eigenvalue weighted by Gasteiger charge is 2.03. The van der Waals surface area contributed by atoms with Crippen molar-refractivity contribution < 1.29 is 4.39 Å². The fourth-order valence-corrected chi connectivity index (χ4v) is 2.99. The van der Waals surface area contributed by atoms with Crippen LogP contribution in [-0.4, -0.2) is 26.1 Å². The van der Waals surface area contributed by atoms with Crippen molar-refractivity contribution in [1.82, 2.24) is 10.6 Å². The van der Waals surface area contributed by atoms with Gasteiger partial charge < -0.3 is 10.6 Å². The van der Waals surface area contributed by atoms with E-state index in [0.29, 0.717) is 18.0 Å². The molecule has 126 valence electrons. The molecule has 0 aliphatic heterocycles. The highest BCUT2D eigenvalue weighted by molar-refractivity contribution is 14.0. The third kappa shape index (κ3) is 7.05. The van der Waals surface area contributed by atoms with Gasteiger partial charge in [0.25, 0.3) is 0 Å². The van der Waals surface area contributed by atoms with Gasteiger partial charge >= 0.3 is 0 Å². The Bertz CT molecular complexity index is 620. The van der Waals surface area contributed by atoms with E-state index in [1.54, 1.807) is 24.5 Å². The zero-order valence-electron chi connectivity index (χ0n) is 12.8.